The summed E-state index contributed by atoms with van der Waals surface area (Å²) in [5.74, 6) is 5.62. The zero-order valence-corrected chi connectivity index (χ0v) is 22.1. The van der Waals surface area contributed by atoms with E-state index >= 15 is 0 Å². The second kappa shape index (κ2) is 9.10. The zero-order chi connectivity index (χ0) is 23.3. The highest BCUT2D eigenvalue weighted by Gasteiger charge is 2.58. The van der Waals surface area contributed by atoms with Crippen LogP contribution in [0.3, 0.4) is 0 Å². The zero-order valence-electron chi connectivity index (χ0n) is 22.1. The molecule has 4 aliphatic rings. The molecule has 2 nitrogen and oxygen atoms in total. The summed E-state index contributed by atoms with van der Waals surface area (Å²) in [6, 6.07) is 0. The number of hydrogen-bond donors (Lipinski definition) is 0. The van der Waals surface area contributed by atoms with Gasteiger partial charge in [0.2, 0.25) is 0 Å². The van der Waals surface area contributed by atoms with Gasteiger partial charge in [-0.05, 0) is 104 Å². The highest BCUT2D eigenvalue weighted by atomic mass is 16.5. The smallest absolute Gasteiger partial charge is 0.302 e. The molecule has 182 valence electrons. The lowest BCUT2D eigenvalue weighted by Crippen LogP contribution is -2.52. The monoisotopic (exact) mass is 442 g/mol. The van der Waals surface area contributed by atoms with Gasteiger partial charge < -0.3 is 4.74 Å². The molecule has 0 aliphatic heterocycles. The minimum absolute atomic E-state index is 0.0974. The summed E-state index contributed by atoms with van der Waals surface area (Å²) in [6.07, 6.45) is 15.9. The number of ether oxygens (including phenoxy) is 1. The van der Waals surface area contributed by atoms with Crippen LogP contribution in [-0.2, 0) is 9.53 Å². The second-order valence-corrected chi connectivity index (χ2v) is 13.2. The molecule has 0 heterocycles. The van der Waals surface area contributed by atoms with Crippen molar-refractivity contribution in [2.45, 2.75) is 119 Å². The lowest BCUT2D eigenvalue weighted by Gasteiger charge is -2.60. The van der Waals surface area contributed by atoms with Crippen LogP contribution in [0.1, 0.15) is 113 Å². The minimum Gasteiger partial charge on any atom is -0.463 e. The van der Waals surface area contributed by atoms with E-state index in [-0.39, 0.29) is 12.1 Å². The molecule has 0 aromatic rings. The van der Waals surface area contributed by atoms with Crippen LogP contribution in [0.4, 0.5) is 0 Å². The van der Waals surface area contributed by atoms with Crippen LogP contribution in [0.15, 0.2) is 11.6 Å². The maximum atomic E-state index is 11.5. The van der Waals surface area contributed by atoms with Gasteiger partial charge >= 0.3 is 5.97 Å². The van der Waals surface area contributed by atoms with Gasteiger partial charge in [0.25, 0.3) is 0 Å². The molecule has 0 aromatic carbocycles. The van der Waals surface area contributed by atoms with E-state index in [1.807, 2.05) is 5.57 Å². The molecule has 0 amide bonds. The Balaban J connectivity index is 1.44. The molecule has 3 saturated carbocycles. The molecule has 0 N–H and O–H groups in total. The van der Waals surface area contributed by atoms with Crippen molar-refractivity contribution in [1.29, 1.82) is 0 Å². The highest BCUT2D eigenvalue weighted by Crippen LogP contribution is 2.66. The third-order valence-corrected chi connectivity index (χ3v) is 11.3. The van der Waals surface area contributed by atoms with Gasteiger partial charge in [-0.1, -0.05) is 66.0 Å². The lowest BCUT2D eigenvalue weighted by atomic mass is 9.45. The SMILES string of the molecule is CC(=O)OC1CCC2(C)C3CCC4(C)C(=CCC4C(C)CCC(C)C(C)C)C3CC[C@H]2C1. The molecule has 0 spiro atoms. The van der Waals surface area contributed by atoms with Crippen LogP contribution in [0, 0.1) is 52.3 Å². The van der Waals surface area contributed by atoms with Crippen LogP contribution in [0.25, 0.3) is 0 Å². The molecule has 3 fully saturated rings. The standard InChI is InChI=1S/C30H50O2/c1-19(2)20(3)8-9-21(4)26-12-13-27-25-11-10-23-18-24(32-22(5)31)14-16-29(23,6)28(25)15-17-30(26,27)7/h13,19-21,23-26,28H,8-12,14-18H2,1-7H3/t20?,21?,23-,24?,25?,26?,28?,29?,30?/m0/s1. The number of carbonyl (C=O) groups is 1. The van der Waals surface area contributed by atoms with E-state index < -0.39 is 0 Å². The summed E-state index contributed by atoms with van der Waals surface area (Å²) in [5.41, 5.74) is 2.75. The van der Waals surface area contributed by atoms with Crippen molar-refractivity contribution in [3.8, 4) is 0 Å². The van der Waals surface area contributed by atoms with Crippen molar-refractivity contribution in [1.82, 2.24) is 0 Å². The Morgan fingerprint density at radius 1 is 1.06 bits per heavy atom. The van der Waals surface area contributed by atoms with E-state index in [1.165, 1.54) is 51.4 Å². The Morgan fingerprint density at radius 2 is 1.81 bits per heavy atom. The Hall–Kier alpha value is -0.790. The van der Waals surface area contributed by atoms with Gasteiger partial charge in [0.15, 0.2) is 0 Å². The number of esters is 1. The Bertz CT molecular complexity index is 722. The maximum Gasteiger partial charge on any atom is 0.302 e. The fourth-order valence-corrected chi connectivity index (χ4v) is 8.84. The third-order valence-electron chi connectivity index (χ3n) is 11.3. The first-order chi connectivity index (χ1) is 15.1. The average Bonchev–Trinajstić information content (AvgIpc) is 3.08. The Morgan fingerprint density at radius 3 is 2.50 bits per heavy atom. The Kier molecular flexibility index (Phi) is 6.92. The van der Waals surface area contributed by atoms with Gasteiger partial charge in [-0.15, -0.1) is 0 Å². The van der Waals surface area contributed by atoms with Gasteiger partial charge in [0, 0.05) is 6.92 Å². The first-order valence-electron chi connectivity index (χ1n) is 13.9. The minimum atomic E-state index is -0.0974. The van der Waals surface area contributed by atoms with Crippen LogP contribution in [-0.4, -0.2) is 12.1 Å². The predicted octanol–water partition coefficient (Wildman–Crippen LogP) is 8.21. The summed E-state index contributed by atoms with van der Waals surface area (Å²) in [7, 11) is 0. The van der Waals surface area contributed by atoms with E-state index in [9.17, 15) is 4.79 Å². The summed E-state index contributed by atoms with van der Waals surface area (Å²) in [6.45, 7) is 16.6. The predicted molar refractivity (Wildman–Crippen MR) is 133 cm³/mol. The number of carbonyl (C=O) groups excluding carboxylic acids is 1. The lowest BCUT2D eigenvalue weighted by molar-refractivity contribution is -0.155. The highest BCUT2D eigenvalue weighted by molar-refractivity contribution is 5.66. The molecular weight excluding hydrogens is 392 g/mol. The van der Waals surface area contributed by atoms with Crippen molar-refractivity contribution in [3.05, 3.63) is 11.6 Å². The van der Waals surface area contributed by atoms with Gasteiger partial charge in [-0.2, -0.15) is 0 Å². The number of hydrogen-bond acceptors (Lipinski definition) is 2. The first-order valence-corrected chi connectivity index (χ1v) is 13.9. The molecule has 4 rings (SSSR count). The van der Waals surface area contributed by atoms with Crippen molar-refractivity contribution < 1.29 is 9.53 Å². The van der Waals surface area contributed by atoms with E-state index in [0.717, 1.165) is 54.3 Å². The molecule has 0 aromatic heterocycles. The maximum absolute atomic E-state index is 11.5. The summed E-state index contributed by atoms with van der Waals surface area (Å²) < 4.78 is 5.65. The Labute approximate surface area is 198 Å². The molecular formula is C30H50O2. The average molecular weight is 443 g/mol. The van der Waals surface area contributed by atoms with Crippen LogP contribution < -0.4 is 0 Å². The van der Waals surface area contributed by atoms with Crippen molar-refractivity contribution in [3.63, 3.8) is 0 Å². The fraction of sp³-hybridized carbons (Fsp3) is 0.900. The van der Waals surface area contributed by atoms with E-state index in [0.29, 0.717) is 10.8 Å². The number of rotatable bonds is 6. The normalized spacial score (nSPS) is 43.0. The largest absolute Gasteiger partial charge is 0.463 e. The van der Waals surface area contributed by atoms with E-state index in [2.05, 4.69) is 47.6 Å². The molecule has 8 unspecified atom stereocenters. The molecule has 2 heteroatoms. The fourth-order valence-electron chi connectivity index (χ4n) is 8.84. The summed E-state index contributed by atoms with van der Waals surface area (Å²) in [4.78, 5) is 11.5. The van der Waals surface area contributed by atoms with Gasteiger partial charge in [0.1, 0.15) is 6.10 Å². The van der Waals surface area contributed by atoms with Gasteiger partial charge in [-0.3, -0.25) is 4.79 Å². The molecule has 0 bridgehead atoms. The van der Waals surface area contributed by atoms with Crippen LogP contribution in [0.2, 0.25) is 0 Å². The summed E-state index contributed by atoms with van der Waals surface area (Å²) in [5, 5.41) is 0. The van der Waals surface area contributed by atoms with Crippen LogP contribution in [0.5, 0.6) is 0 Å². The molecule has 9 atom stereocenters. The van der Waals surface area contributed by atoms with E-state index in [4.69, 9.17) is 4.74 Å². The third kappa shape index (κ3) is 4.22. The second-order valence-electron chi connectivity index (χ2n) is 13.2. The first kappa shape index (κ1) is 24.3. The van der Waals surface area contributed by atoms with Crippen molar-refractivity contribution >= 4 is 5.97 Å². The molecule has 32 heavy (non-hydrogen) atoms. The topological polar surface area (TPSA) is 26.3 Å². The molecule has 0 saturated heterocycles. The quantitative estimate of drug-likeness (QED) is 0.306. The van der Waals surface area contributed by atoms with E-state index in [1.54, 1.807) is 6.92 Å². The van der Waals surface area contributed by atoms with Crippen LogP contribution >= 0.6 is 0 Å². The molecule has 4 aliphatic carbocycles. The summed E-state index contributed by atoms with van der Waals surface area (Å²) >= 11 is 0. The number of fused-ring (bicyclic) bond motifs is 5. The molecule has 0 radical (unpaired) electrons. The van der Waals surface area contributed by atoms with Crippen molar-refractivity contribution in [2.75, 3.05) is 0 Å². The number of allylic oxidation sites excluding steroid dienone is 2. The van der Waals surface area contributed by atoms with Gasteiger partial charge in [-0.25, -0.2) is 0 Å². The van der Waals surface area contributed by atoms with Crippen molar-refractivity contribution in [2.24, 2.45) is 52.3 Å². The van der Waals surface area contributed by atoms with Gasteiger partial charge in [0.05, 0.1) is 0 Å².